The summed E-state index contributed by atoms with van der Waals surface area (Å²) < 4.78 is 2.08. The van der Waals surface area contributed by atoms with Crippen molar-refractivity contribution in [2.75, 3.05) is 44.7 Å². The fraction of sp³-hybridized carbons (Fsp3) is 0.500. The Morgan fingerprint density at radius 3 is 2.85 bits per heavy atom. The maximum absolute atomic E-state index is 12.1. The van der Waals surface area contributed by atoms with Crippen LogP contribution in [-0.4, -0.2) is 75.0 Å². The third-order valence-corrected chi connectivity index (χ3v) is 6.70. The first kappa shape index (κ1) is 21.6. The molecule has 33 heavy (non-hydrogen) atoms. The SMILES string of the molecule is CCNC(=O)N1CCN(c2nccc3nc(CN(C)[C@H]4CCCc5cccnc54)cn23)CC1. The molecule has 3 aromatic heterocycles. The first-order valence-corrected chi connectivity index (χ1v) is 11.9. The summed E-state index contributed by atoms with van der Waals surface area (Å²) in [6.07, 6.45) is 9.25. The number of aromatic nitrogens is 4. The van der Waals surface area contributed by atoms with Crippen LogP contribution in [0.1, 0.15) is 42.8 Å². The second-order valence-electron chi connectivity index (χ2n) is 8.89. The predicted octanol–water partition coefficient (Wildman–Crippen LogP) is 2.49. The van der Waals surface area contributed by atoms with E-state index in [1.165, 1.54) is 17.7 Å². The Morgan fingerprint density at radius 1 is 1.18 bits per heavy atom. The summed E-state index contributed by atoms with van der Waals surface area (Å²) in [5, 5.41) is 2.88. The Bertz CT molecular complexity index is 1120. The highest BCUT2D eigenvalue weighted by atomic mass is 16.2. The first-order chi connectivity index (χ1) is 16.1. The number of fused-ring (bicyclic) bond motifs is 2. The van der Waals surface area contributed by atoms with Gasteiger partial charge >= 0.3 is 6.03 Å². The Hall–Kier alpha value is -3.20. The molecule has 1 aliphatic carbocycles. The number of imidazole rings is 1. The number of urea groups is 1. The maximum atomic E-state index is 12.1. The lowest BCUT2D eigenvalue weighted by atomic mass is 9.91. The van der Waals surface area contributed by atoms with E-state index in [9.17, 15) is 4.79 Å². The standard InChI is InChI=1S/C24H32N8O/c1-3-25-24(33)31-14-12-30(13-15-31)23-27-11-9-21-28-19(17-32(21)23)16-29(2)20-8-4-6-18-7-5-10-26-22(18)20/h5,7,9-11,17,20H,3-4,6,8,12-16H2,1-2H3,(H,25,33)/t20-/m0/s1. The average molecular weight is 449 g/mol. The highest BCUT2D eigenvalue weighted by molar-refractivity contribution is 5.74. The van der Waals surface area contributed by atoms with Crippen LogP contribution in [0.5, 0.6) is 0 Å². The van der Waals surface area contributed by atoms with Gasteiger partial charge in [0.1, 0.15) is 5.65 Å². The molecule has 0 saturated carbocycles. The molecule has 1 fully saturated rings. The number of hydrogen-bond donors (Lipinski definition) is 1. The smallest absolute Gasteiger partial charge is 0.317 e. The Morgan fingerprint density at radius 2 is 2.03 bits per heavy atom. The van der Waals surface area contributed by atoms with E-state index >= 15 is 0 Å². The van der Waals surface area contributed by atoms with Crippen LogP contribution in [0.15, 0.2) is 36.8 Å². The molecule has 3 aromatic rings. The number of carbonyl (C=O) groups is 1. The lowest BCUT2D eigenvalue weighted by Gasteiger charge is -2.35. The van der Waals surface area contributed by atoms with Crippen LogP contribution < -0.4 is 10.2 Å². The van der Waals surface area contributed by atoms with Gasteiger partial charge in [-0.25, -0.2) is 14.8 Å². The highest BCUT2D eigenvalue weighted by Crippen LogP contribution is 2.32. The second-order valence-corrected chi connectivity index (χ2v) is 8.89. The van der Waals surface area contributed by atoms with Crippen molar-refractivity contribution in [3.05, 3.63) is 53.7 Å². The maximum Gasteiger partial charge on any atom is 0.317 e. The fourth-order valence-corrected chi connectivity index (χ4v) is 5.02. The summed E-state index contributed by atoms with van der Waals surface area (Å²) in [4.78, 5) is 32.8. The highest BCUT2D eigenvalue weighted by Gasteiger charge is 2.26. The van der Waals surface area contributed by atoms with Crippen molar-refractivity contribution in [2.24, 2.45) is 0 Å². The van der Waals surface area contributed by atoms with Crippen molar-refractivity contribution in [2.45, 2.75) is 38.8 Å². The van der Waals surface area contributed by atoms with Crippen molar-refractivity contribution < 1.29 is 4.79 Å². The van der Waals surface area contributed by atoms with E-state index in [0.717, 1.165) is 49.8 Å². The minimum atomic E-state index is 0.00930. The normalized spacial score (nSPS) is 18.6. The van der Waals surface area contributed by atoms with Gasteiger partial charge in [-0.15, -0.1) is 0 Å². The van der Waals surface area contributed by atoms with Gasteiger partial charge in [0.05, 0.1) is 17.4 Å². The van der Waals surface area contributed by atoms with Crippen molar-refractivity contribution in [1.82, 2.24) is 34.5 Å². The summed E-state index contributed by atoms with van der Waals surface area (Å²) in [7, 11) is 2.16. The molecule has 2 aliphatic rings. The zero-order valence-electron chi connectivity index (χ0n) is 19.4. The van der Waals surface area contributed by atoms with Gasteiger partial charge in [-0.05, 0) is 50.9 Å². The molecule has 0 spiro atoms. The van der Waals surface area contributed by atoms with Crippen LogP contribution in [0.25, 0.3) is 5.65 Å². The molecule has 1 atom stereocenters. The topological polar surface area (TPSA) is 81.9 Å². The van der Waals surface area contributed by atoms with Crippen molar-refractivity contribution in [1.29, 1.82) is 0 Å². The van der Waals surface area contributed by atoms with Crippen molar-refractivity contribution in [3.63, 3.8) is 0 Å². The number of rotatable bonds is 5. The molecule has 9 heteroatoms. The number of aryl methyl sites for hydroxylation is 1. The Labute approximate surface area is 194 Å². The van der Waals surface area contributed by atoms with Crippen molar-refractivity contribution in [3.8, 4) is 0 Å². The Balaban J connectivity index is 1.31. The van der Waals surface area contributed by atoms with Crippen molar-refractivity contribution >= 4 is 17.6 Å². The van der Waals surface area contributed by atoms with E-state index in [1.807, 2.05) is 36.4 Å². The third kappa shape index (κ3) is 4.37. The third-order valence-electron chi connectivity index (χ3n) is 6.70. The second kappa shape index (κ2) is 9.35. The van der Waals surface area contributed by atoms with Gasteiger partial charge in [0.25, 0.3) is 0 Å². The van der Waals surface area contributed by atoms with Gasteiger partial charge in [-0.1, -0.05) is 6.07 Å². The molecular formula is C24H32N8O. The van der Waals surface area contributed by atoms with E-state index in [2.05, 4.69) is 43.8 Å². The van der Waals surface area contributed by atoms with Gasteiger partial charge in [-0.2, -0.15) is 0 Å². The number of nitrogens with zero attached hydrogens (tertiary/aromatic N) is 7. The average Bonchev–Trinajstić information content (AvgIpc) is 3.26. The number of nitrogens with one attached hydrogen (secondary N) is 1. The van der Waals surface area contributed by atoms with E-state index in [1.54, 1.807) is 0 Å². The number of piperazine rings is 1. The van der Waals surface area contributed by atoms with Crippen LogP contribution in [0.4, 0.5) is 10.7 Å². The number of pyridine rings is 1. The van der Waals surface area contributed by atoms with Gasteiger partial charge in [-0.3, -0.25) is 14.3 Å². The van der Waals surface area contributed by atoms with Crippen LogP contribution in [0.2, 0.25) is 0 Å². The van der Waals surface area contributed by atoms with Crippen LogP contribution in [0.3, 0.4) is 0 Å². The summed E-state index contributed by atoms with van der Waals surface area (Å²) in [6.45, 7) is 6.21. The lowest BCUT2D eigenvalue weighted by molar-refractivity contribution is 0.194. The molecule has 9 nitrogen and oxygen atoms in total. The fourth-order valence-electron chi connectivity index (χ4n) is 5.02. The molecular weight excluding hydrogens is 416 g/mol. The molecule has 1 N–H and O–H groups in total. The summed E-state index contributed by atoms with van der Waals surface area (Å²) in [5.74, 6) is 0.883. The van der Waals surface area contributed by atoms with Gasteiger partial charge in [0, 0.05) is 57.9 Å². The number of hydrogen-bond acceptors (Lipinski definition) is 6. The van der Waals surface area contributed by atoms with Crippen LogP contribution >= 0.6 is 0 Å². The zero-order valence-corrected chi connectivity index (χ0v) is 19.4. The molecule has 0 radical (unpaired) electrons. The summed E-state index contributed by atoms with van der Waals surface area (Å²) >= 11 is 0. The molecule has 0 unspecified atom stereocenters. The largest absolute Gasteiger partial charge is 0.338 e. The van der Waals surface area contributed by atoms with Gasteiger partial charge < -0.3 is 15.1 Å². The van der Waals surface area contributed by atoms with E-state index in [0.29, 0.717) is 25.7 Å². The minimum absolute atomic E-state index is 0.00930. The first-order valence-electron chi connectivity index (χ1n) is 11.9. The number of carbonyl (C=O) groups excluding carboxylic acids is 1. The Kier molecular flexibility index (Phi) is 6.13. The predicted molar refractivity (Wildman–Crippen MR) is 127 cm³/mol. The van der Waals surface area contributed by atoms with Crippen LogP contribution in [-0.2, 0) is 13.0 Å². The molecule has 1 saturated heterocycles. The molecule has 0 bridgehead atoms. The molecule has 1 aliphatic heterocycles. The minimum Gasteiger partial charge on any atom is -0.338 e. The monoisotopic (exact) mass is 448 g/mol. The number of amides is 2. The quantitative estimate of drug-likeness (QED) is 0.646. The summed E-state index contributed by atoms with van der Waals surface area (Å²) in [5.41, 5.74) is 4.50. The van der Waals surface area contributed by atoms with E-state index in [-0.39, 0.29) is 6.03 Å². The van der Waals surface area contributed by atoms with Gasteiger partial charge in [0.2, 0.25) is 5.95 Å². The summed E-state index contributed by atoms with van der Waals surface area (Å²) in [6, 6.07) is 6.52. The van der Waals surface area contributed by atoms with Gasteiger partial charge in [0.15, 0.2) is 0 Å². The van der Waals surface area contributed by atoms with E-state index < -0.39 is 0 Å². The molecule has 5 rings (SSSR count). The molecule has 174 valence electrons. The lowest BCUT2D eigenvalue weighted by Crippen LogP contribution is -2.52. The molecule has 0 aromatic carbocycles. The van der Waals surface area contributed by atoms with Crippen LogP contribution in [0, 0.1) is 0 Å². The molecule has 4 heterocycles. The number of anilines is 1. The molecule has 2 amide bonds. The van der Waals surface area contributed by atoms with E-state index in [4.69, 9.17) is 9.97 Å². The zero-order chi connectivity index (χ0) is 22.8.